The van der Waals surface area contributed by atoms with E-state index in [2.05, 4.69) is 25.4 Å². The SMILES string of the molecule is N#Cc1c(-c2ccccc2)nc(NN=Cc2ccc(F)cc2CN2CCCCCC2)[nH]c1=O. The normalized spacial score (nSPS) is 14.7. The molecule has 0 bridgehead atoms. The lowest BCUT2D eigenvalue weighted by molar-refractivity contribution is 0.276. The first-order valence-corrected chi connectivity index (χ1v) is 11.0. The first kappa shape index (κ1) is 22.4. The van der Waals surface area contributed by atoms with E-state index in [-0.39, 0.29) is 23.0 Å². The molecule has 1 aliphatic rings. The summed E-state index contributed by atoms with van der Waals surface area (Å²) in [5.74, 6) is -0.166. The van der Waals surface area contributed by atoms with Gasteiger partial charge >= 0.3 is 0 Å². The van der Waals surface area contributed by atoms with Gasteiger partial charge in [-0.05, 0) is 49.2 Å². The highest BCUT2D eigenvalue weighted by Gasteiger charge is 2.14. The number of anilines is 1. The number of aromatic nitrogens is 2. The molecule has 2 heterocycles. The van der Waals surface area contributed by atoms with E-state index in [1.807, 2.05) is 24.3 Å². The molecule has 2 aromatic carbocycles. The lowest BCUT2D eigenvalue weighted by Gasteiger charge is -2.20. The van der Waals surface area contributed by atoms with Crippen LogP contribution in [0.3, 0.4) is 0 Å². The predicted molar refractivity (Wildman–Crippen MR) is 126 cm³/mol. The van der Waals surface area contributed by atoms with E-state index in [0.29, 0.717) is 12.1 Å². The number of aromatic amines is 1. The van der Waals surface area contributed by atoms with Crippen molar-refractivity contribution >= 4 is 12.2 Å². The summed E-state index contributed by atoms with van der Waals surface area (Å²) in [7, 11) is 0. The monoisotopic (exact) mass is 444 g/mol. The first-order valence-electron chi connectivity index (χ1n) is 11.0. The van der Waals surface area contributed by atoms with Gasteiger partial charge in [-0.2, -0.15) is 10.4 Å². The van der Waals surface area contributed by atoms with Gasteiger partial charge in [0.1, 0.15) is 17.4 Å². The van der Waals surface area contributed by atoms with Crippen LogP contribution in [0.15, 0.2) is 58.4 Å². The molecule has 3 aromatic rings. The van der Waals surface area contributed by atoms with Crippen LogP contribution >= 0.6 is 0 Å². The third kappa shape index (κ3) is 5.70. The van der Waals surface area contributed by atoms with Crippen molar-refractivity contribution in [1.29, 1.82) is 5.26 Å². The lowest BCUT2D eigenvalue weighted by Crippen LogP contribution is -2.24. The second-order valence-electron chi connectivity index (χ2n) is 8.02. The van der Waals surface area contributed by atoms with E-state index in [1.54, 1.807) is 30.5 Å². The highest BCUT2D eigenvalue weighted by molar-refractivity contribution is 5.82. The van der Waals surface area contributed by atoms with Crippen molar-refractivity contribution in [2.45, 2.75) is 32.2 Å². The van der Waals surface area contributed by atoms with E-state index in [9.17, 15) is 14.4 Å². The Hall–Kier alpha value is -3.83. The zero-order chi connectivity index (χ0) is 23.0. The third-order valence-electron chi connectivity index (χ3n) is 5.65. The van der Waals surface area contributed by atoms with Crippen LogP contribution < -0.4 is 11.0 Å². The molecule has 1 aliphatic heterocycles. The quantitative estimate of drug-likeness (QED) is 0.437. The molecule has 2 N–H and O–H groups in total. The molecule has 0 aliphatic carbocycles. The molecule has 168 valence electrons. The summed E-state index contributed by atoms with van der Waals surface area (Å²) in [6.45, 7) is 2.66. The Bertz CT molecular complexity index is 1220. The molecule has 1 saturated heterocycles. The molecule has 33 heavy (non-hydrogen) atoms. The summed E-state index contributed by atoms with van der Waals surface area (Å²) in [6.07, 6.45) is 6.37. The van der Waals surface area contributed by atoms with Crippen LogP contribution in [0.1, 0.15) is 42.4 Å². The van der Waals surface area contributed by atoms with Gasteiger partial charge in [0.25, 0.3) is 5.56 Å². The maximum atomic E-state index is 13.9. The van der Waals surface area contributed by atoms with E-state index in [0.717, 1.165) is 37.1 Å². The fourth-order valence-corrected chi connectivity index (χ4v) is 3.97. The van der Waals surface area contributed by atoms with Crippen molar-refractivity contribution in [3.63, 3.8) is 0 Å². The first-order chi connectivity index (χ1) is 16.1. The zero-order valence-corrected chi connectivity index (χ0v) is 18.2. The topological polar surface area (TPSA) is 97.2 Å². The van der Waals surface area contributed by atoms with E-state index < -0.39 is 5.56 Å². The fraction of sp³-hybridized carbons (Fsp3) is 0.280. The van der Waals surface area contributed by atoms with E-state index in [1.165, 1.54) is 18.9 Å². The molecule has 1 fully saturated rings. The van der Waals surface area contributed by atoms with Crippen LogP contribution in [0.2, 0.25) is 0 Å². The average Bonchev–Trinajstić information content (AvgIpc) is 3.09. The summed E-state index contributed by atoms with van der Waals surface area (Å²) in [5, 5.41) is 13.6. The summed E-state index contributed by atoms with van der Waals surface area (Å²) in [6, 6.07) is 15.6. The second-order valence-corrected chi connectivity index (χ2v) is 8.02. The van der Waals surface area contributed by atoms with Crippen molar-refractivity contribution in [3.05, 3.63) is 81.4 Å². The number of hydrogen-bond donors (Lipinski definition) is 2. The van der Waals surface area contributed by atoms with Crippen LogP contribution in [0.4, 0.5) is 10.3 Å². The van der Waals surface area contributed by atoms with Crippen molar-refractivity contribution in [2.75, 3.05) is 18.5 Å². The highest BCUT2D eigenvalue weighted by Crippen LogP contribution is 2.20. The Labute approximate surface area is 191 Å². The predicted octanol–water partition coefficient (Wildman–Crippen LogP) is 4.27. The van der Waals surface area contributed by atoms with Crippen molar-refractivity contribution in [1.82, 2.24) is 14.9 Å². The number of hydrazone groups is 1. The van der Waals surface area contributed by atoms with Gasteiger partial charge in [-0.1, -0.05) is 49.2 Å². The minimum atomic E-state index is -0.548. The fourth-order valence-electron chi connectivity index (χ4n) is 3.97. The van der Waals surface area contributed by atoms with Gasteiger partial charge in [-0.15, -0.1) is 0 Å². The largest absolute Gasteiger partial charge is 0.299 e. The average molecular weight is 445 g/mol. The number of hydrogen-bond acceptors (Lipinski definition) is 6. The van der Waals surface area contributed by atoms with Crippen LogP contribution in [0, 0.1) is 17.1 Å². The van der Waals surface area contributed by atoms with Gasteiger partial charge in [-0.3, -0.25) is 14.7 Å². The van der Waals surface area contributed by atoms with Gasteiger partial charge in [-0.25, -0.2) is 14.8 Å². The smallest absolute Gasteiger partial charge is 0.270 e. The zero-order valence-electron chi connectivity index (χ0n) is 18.2. The minimum absolute atomic E-state index is 0.0611. The van der Waals surface area contributed by atoms with Crippen LogP contribution in [-0.4, -0.2) is 34.2 Å². The van der Waals surface area contributed by atoms with Crippen molar-refractivity contribution in [2.24, 2.45) is 5.10 Å². The Morgan fingerprint density at radius 3 is 2.64 bits per heavy atom. The van der Waals surface area contributed by atoms with Crippen molar-refractivity contribution in [3.8, 4) is 17.3 Å². The lowest BCUT2D eigenvalue weighted by atomic mass is 10.1. The highest BCUT2D eigenvalue weighted by atomic mass is 19.1. The van der Waals surface area contributed by atoms with Crippen LogP contribution in [-0.2, 0) is 6.54 Å². The van der Waals surface area contributed by atoms with E-state index in [4.69, 9.17) is 0 Å². The Kier molecular flexibility index (Phi) is 7.22. The van der Waals surface area contributed by atoms with Crippen LogP contribution in [0.5, 0.6) is 0 Å². The molecule has 4 rings (SSSR count). The molecule has 0 unspecified atom stereocenters. The van der Waals surface area contributed by atoms with Gasteiger partial charge in [0.15, 0.2) is 0 Å². The van der Waals surface area contributed by atoms with E-state index >= 15 is 0 Å². The molecule has 0 atom stereocenters. The molecular formula is C25H25FN6O. The standard InChI is InChI=1S/C25H25FN6O/c26-21-11-10-19(20(14-21)17-32-12-6-1-2-7-13-32)16-28-31-25-29-23(18-8-4-3-5-9-18)22(15-27)24(33)30-25/h3-5,8-11,14,16H,1-2,6-7,12-13,17H2,(H2,29,30,31,33). The van der Waals surface area contributed by atoms with Gasteiger partial charge < -0.3 is 0 Å². The molecule has 0 spiro atoms. The number of nitrogens with zero attached hydrogens (tertiary/aromatic N) is 4. The Morgan fingerprint density at radius 2 is 1.91 bits per heavy atom. The van der Waals surface area contributed by atoms with Gasteiger partial charge in [0.2, 0.25) is 5.95 Å². The number of likely N-dealkylation sites (tertiary alicyclic amines) is 1. The maximum Gasteiger partial charge on any atom is 0.270 e. The molecule has 0 amide bonds. The molecule has 7 nitrogen and oxygen atoms in total. The Morgan fingerprint density at radius 1 is 1.15 bits per heavy atom. The summed E-state index contributed by atoms with van der Waals surface area (Å²) < 4.78 is 13.9. The van der Waals surface area contributed by atoms with Gasteiger partial charge in [0.05, 0.1) is 11.9 Å². The number of halogens is 1. The number of rotatable bonds is 6. The van der Waals surface area contributed by atoms with Crippen LogP contribution in [0.25, 0.3) is 11.3 Å². The summed E-state index contributed by atoms with van der Waals surface area (Å²) >= 11 is 0. The number of nitrogens with one attached hydrogen (secondary N) is 2. The molecular weight excluding hydrogens is 419 g/mol. The second kappa shape index (κ2) is 10.7. The third-order valence-corrected chi connectivity index (χ3v) is 5.65. The minimum Gasteiger partial charge on any atom is -0.299 e. The maximum absolute atomic E-state index is 13.9. The summed E-state index contributed by atoms with van der Waals surface area (Å²) in [4.78, 5) is 21.6. The molecule has 0 radical (unpaired) electrons. The van der Waals surface area contributed by atoms with Gasteiger partial charge in [0, 0.05) is 12.1 Å². The molecule has 1 aromatic heterocycles. The number of nitriles is 1. The Balaban J connectivity index is 1.56. The van der Waals surface area contributed by atoms with Crippen molar-refractivity contribution < 1.29 is 4.39 Å². The number of H-pyrrole nitrogens is 1. The molecule has 0 saturated carbocycles. The number of benzene rings is 2. The summed E-state index contributed by atoms with van der Waals surface area (Å²) in [5.41, 5.74) is 4.71. The molecule has 8 heteroatoms.